The van der Waals surface area contributed by atoms with Crippen molar-refractivity contribution in [1.29, 1.82) is 0 Å². The Labute approximate surface area is 310 Å². The molecule has 0 unspecified atom stereocenters. The molecule has 0 bridgehead atoms. The van der Waals surface area contributed by atoms with E-state index in [1.165, 1.54) is 23.3 Å². The van der Waals surface area contributed by atoms with Gasteiger partial charge in [-0.2, -0.15) is 0 Å². The van der Waals surface area contributed by atoms with Crippen molar-refractivity contribution in [2.45, 2.75) is 26.5 Å². The minimum Gasteiger partial charge on any atom is -0.496 e. The zero-order valence-corrected chi connectivity index (χ0v) is 30.2. The van der Waals surface area contributed by atoms with Crippen molar-refractivity contribution < 1.29 is 28.1 Å². The number of halogens is 2. The summed E-state index contributed by atoms with van der Waals surface area (Å²) < 4.78 is 36.0. The van der Waals surface area contributed by atoms with Gasteiger partial charge in [-0.05, 0) is 83.8 Å². The lowest BCUT2D eigenvalue weighted by Crippen LogP contribution is -2.47. The number of carbonyl (C=O) groups excluding carboxylic acids is 1. The van der Waals surface area contributed by atoms with E-state index in [0.717, 1.165) is 48.5 Å². The number of ether oxygens (including phenoxy) is 4. The second kappa shape index (κ2) is 18.7. The normalized spacial score (nSPS) is 13.0. The third kappa shape index (κ3) is 10.8. The van der Waals surface area contributed by atoms with Crippen molar-refractivity contribution in [2.75, 3.05) is 39.9 Å². The molecule has 5 aromatic rings. The molecule has 8 nitrogen and oxygen atoms in total. The highest BCUT2D eigenvalue weighted by Gasteiger charge is 2.20. The molecule has 1 saturated heterocycles. The van der Waals surface area contributed by atoms with E-state index in [9.17, 15) is 9.18 Å². The van der Waals surface area contributed by atoms with E-state index < -0.39 is 0 Å². The summed E-state index contributed by atoms with van der Waals surface area (Å²) in [6.45, 7) is 6.75. The van der Waals surface area contributed by atoms with Gasteiger partial charge in [0.05, 0.1) is 19.9 Å². The minimum atomic E-state index is -0.270. The van der Waals surface area contributed by atoms with Gasteiger partial charge in [-0.1, -0.05) is 48.5 Å². The lowest BCUT2D eigenvalue weighted by Gasteiger charge is -2.34. The van der Waals surface area contributed by atoms with Gasteiger partial charge in [0, 0.05) is 56.9 Å². The topological polar surface area (TPSA) is 73.4 Å². The Kier molecular flexibility index (Phi) is 13.6. The van der Waals surface area contributed by atoms with Crippen LogP contribution in [0.1, 0.15) is 27.8 Å². The Balaban J connectivity index is 0.00000523. The molecule has 1 aliphatic rings. The van der Waals surface area contributed by atoms with Gasteiger partial charge in [0.2, 0.25) is 11.8 Å². The van der Waals surface area contributed by atoms with Crippen LogP contribution in [0.4, 0.5) is 4.39 Å². The second-order valence-electron chi connectivity index (χ2n) is 12.4. The maximum absolute atomic E-state index is 13.1. The van der Waals surface area contributed by atoms with Crippen LogP contribution in [-0.2, 0) is 24.4 Å². The molecule has 52 heavy (non-hydrogen) atoms. The molecule has 2 heterocycles. The molecule has 0 saturated carbocycles. The summed E-state index contributed by atoms with van der Waals surface area (Å²) in [4.78, 5) is 21.7. The van der Waals surface area contributed by atoms with Crippen molar-refractivity contribution in [1.82, 2.24) is 14.8 Å². The first-order chi connectivity index (χ1) is 24.9. The van der Waals surface area contributed by atoms with Crippen LogP contribution in [0.2, 0.25) is 0 Å². The molecular formula is C42H43ClFN3O5. The summed E-state index contributed by atoms with van der Waals surface area (Å²) >= 11 is 0. The molecule has 1 amide bonds. The Hall–Kier alpha value is -5.38. The van der Waals surface area contributed by atoms with Gasteiger partial charge >= 0.3 is 0 Å². The molecule has 6 rings (SSSR count). The van der Waals surface area contributed by atoms with Crippen molar-refractivity contribution in [3.8, 4) is 28.9 Å². The number of para-hydroxylation sites is 1. The maximum Gasteiger partial charge on any atom is 0.246 e. The number of rotatable bonds is 14. The number of carbonyl (C=O) groups is 1. The van der Waals surface area contributed by atoms with E-state index in [0.29, 0.717) is 49.4 Å². The summed E-state index contributed by atoms with van der Waals surface area (Å²) in [5.74, 6) is 2.94. The minimum absolute atomic E-state index is 0. The average Bonchev–Trinajstić information content (AvgIpc) is 3.16. The number of pyridine rings is 1. The van der Waals surface area contributed by atoms with Gasteiger partial charge in [-0.3, -0.25) is 9.69 Å². The Morgan fingerprint density at radius 2 is 1.54 bits per heavy atom. The van der Waals surface area contributed by atoms with Crippen LogP contribution in [0.3, 0.4) is 0 Å². The second-order valence-corrected chi connectivity index (χ2v) is 12.4. The number of methoxy groups -OCH3 is 1. The van der Waals surface area contributed by atoms with Crippen molar-refractivity contribution >= 4 is 24.4 Å². The van der Waals surface area contributed by atoms with Gasteiger partial charge in [0.1, 0.15) is 35.4 Å². The fourth-order valence-corrected chi connectivity index (χ4v) is 5.80. The highest BCUT2D eigenvalue weighted by atomic mass is 35.5. The first-order valence-electron chi connectivity index (χ1n) is 17.1. The van der Waals surface area contributed by atoms with Crippen molar-refractivity contribution in [3.05, 3.63) is 149 Å². The van der Waals surface area contributed by atoms with Crippen LogP contribution >= 0.6 is 12.4 Å². The van der Waals surface area contributed by atoms with E-state index in [2.05, 4.69) is 34.1 Å². The molecule has 1 aromatic heterocycles. The van der Waals surface area contributed by atoms with E-state index in [-0.39, 0.29) is 24.1 Å². The van der Waals surface area contributed by atoms with E-state index >= 15 is 0 Å². The van der Waals surface area contributed by atoms with Gasteiger partial charge < -0.3 is 23.8 Å². The van der Waals surface area contributed by atoms with E-state index in [1.54, 1.807) is 37.6 Å². The van der Waals surface area contributed by atoms with Gasteiger partial charge in [-0.25, -0.2) is 9.37 Å². The molecule has 0 atom stereocenters. The lowest BCUT2D eigenvalue weighted by molar-refractivity contribution is -0.127. The predicted octanol–water partition coefficient (Wildman–Crippen LogP) is 8.31. The summed E-state index contributed by atoms with van der Waals surface area (Å²) in [5, 5.41) is 0. The SMILES string of the molecule is COc1ccccc1COc1ccc(Oc2ccc(C=CC(=O)N3CCN(Cc4ccc(CCOc5ccc(F)cc5)cc4)CC3)c(C)c2)nc1.Cl. The van der Waals surface area contributed by atoms with Crippen LogP contribution in [0, 0.1) is 12.7 Å². The van der Waals surface area contributed by atoms with Crippen LogP contribution in [0.5, 0.6) is 28.9 Å². The maximum atomic E-state index is 13.1. The summed E-state index contributed by atoms with van der Waals surface area (Å²) in [6, 6.07) is 31.7. The number of nitrogens with zero attached hydrogens (tertiary/aromatic N) is 3. The third-order valence-corrected chi connectivity index (χ3v) is 8.75. The van der Waals surface area contributed by atoms with Crippen LogP contribution in [-0.4, -0.2) is 60.6 Å². The largest absolute Gasteiger partial charge is 0.496 e. The van der Waals surface area contributed by atoms with E-state index in [1.807, 2.05) is 66.4 Å². The number of amides is 1. The number of benzene rings is 4. The predicted molar refractivity (Wildman–Crippen MR) is 203 cm³/mol. The molecular weight excluding hydrogens is 681 g/mol. The Bertz CT molecular complexity index is 1910. The van der Waals surface area contributed by atoms with Gasteiger partial charge in [-0.15, -0.1) is 12.4 Å². The lowest BCUT2D eigenvalue weighted by atomic mass is 10.1. The Morgan fingerprint density at radius 1 is 0.827 bits per heavy atom. The monoisotopic (exact) mass is 723 g/mol. The molecule has 0 aliphatic carbocycles. The smallest absolute Gasteiger partial charge is 0.246 e. The molecule has 0 spiro atoms. The number of hydrogen-bond acceptors (Lipinski definition) is 7. The average molecular weight is 724 g/mol. The highest BCUT2D eigenvalue weighted by Crippen LogP contribution is 2.26. The summed E-state index contributed by atoms with van der Waals surface area (Å²) in [5.41, 5.74) is 5.32. The molecule has 270 valence electrons. The molecule has 4 aromatic carbocycles. The highest BCUT2D eigenvalue weighted by molar-refractivity contribution is 5.92. The molecule has 1 fully saturated rings. The number of hydrogen-bond donors (Lipinski definition) is 0. The zero-order chi connectivity index (χ0) is 35.4. The van der Waals surface area contributed by atoms with Crippen LogP contribution in [0.25, 0.3) is 6.08 Å². The fourth-order valence-electron chi connectivity index (χ4n) is 5.80. The number of piperazine rings is 1. The van der Waals surface area contributed by atoms with Gasteiger partial charge in [0.15, 0.2) is 0 Å². The fraction of sp³-hybridized carbons (Fsp3) is 0.238. The molecule has 0 radical (unpaired) electrons. The van der Waals surface area contributed by atoms with Crippen molar-refractivity contribution in [3.63, 3.8) is 0 Å². The first-order valence-corrected chi connectivity index (χ1v) is 17.1. The quantitative estimate of drug-likeness (QED) is 0.107. The van der Waals surface area contributed by atoms with Gasteiger partial charge in [0.25, 0.3) is 0 Å². The third-order valence-electron chi connectivity index (χ3n) is 8.75. The standard InChI is InChI=1S/C42H42FN3O5.ClH/c1-31-27-38(51-41-19-18-39(28-44-41)50-30-35-5-3-4-6-40(35)48-2)15-11-34(31)12-20-42(47)46-24-22-45(23-25-46)29-33-9-7-32(8-10-33)21-26-49-37-16-13-36(43)14-17-37;/h3-20,27-28H,21-26,29-30H2,1-2H3;1H. The molecule has 10 heteroatoms. The summed E-state index contributed by atoms with van der Waals surface area (Å²) in [6.07, 6.45) is 5.93. The number of aromatic nitrogens is 1. The zero-order valence-electron chi connectivity index (χ0n) is 29.4. The van der Waals surface area contributed by atoms with E-state index in [4.69, 9.17) is 18.9 Å². The van der Waals surface area contributed by atoms with Crippen LogP contribution < -0.4 is 18.9 Å². The summed E-state index contributed by atoms with van der Waals surface area (Å²) in [7, 11) is 1.64. The Morgan fingerprint density at radius 3 is 2.25 bits per heavy atom. The van der Waals surface area contributed by atoms with Crippen LogP contribution in [0.15, 0.2) is 115 Å². The number of aryl methyl sites for hydroxylation is 1. The molecule has 0 N–H and O–H groups in total. The van der Waals surface area contributed by atoms with Crippen molar-refractivity contribution in [2.24, 2.45) is 0 Å². The molecule has 1 aliphatic heterocycles. The first kappa shape index (κ1) is 37.9.